The predicted octanol–water partition coefficient (Wildman–Crippen LogP) is 1.82. The third-order valence-electron chi connectivity index (χ3n) is 3.37. The average molecular weight is 274 g/mol. The van der Waals surface area contributed by atoms with Gasteiger partial charge in [-0.25, -0.2) is 4.79 Å². The largest absolute Gasteiger partial charge is 0.333 e. The highest BCUT2D eigenvalue weighted by molar-refractivity contribution is 6.14. The normalized spacial score (nSPS) is 15.9. The number of benzene rings is 1. The van der Waals surface area contributed by atoms with Crippen LogP contribution in [0.5, 0.6) is 0 Å². The number of imide groups is 2. The van der Waals surface area contributed by atoms with E-state index in [9.17, 15) is 14.4 Å². The predicted molar refractivity (Wildman–Crippen MR) is 73.9 cm³/mol. The second-order valence-corrected chi connectivity index (χ2v) is 4.73. The zero-order chi connectivity index (χ0) is 14.5. The van der Waals surface area contributed by atoms with E-state index < -0.39 is 17.8 Å². The molecule has 5 nitrogen and oxygen atoms in total. The summed E-state index contributed by atoms with van der Waals surface area (Å²) in [6.07, 6.45) is 1.30. The van der Waals surface area contributed by atoms with Crippen LogP contribution in [0.25, 0.3) is 0 Å². The van der Waals surface area contributed by atoms with Crippen LogP contribution in [0, 0.1) is 0 Å². The maximum Gasteiger partial charge on any atom is 0.333 e. The van der Waals surface area contributed by atoms with Gasteiger partial charge in [0.05, 0.1) is 0 Å². The van der Waals surface area contributed by atoms with Crippen molar-refractivity contribution in [3.8, 4) is 0 Å². The van der Waals surface area contributed by atoms with Crippen molar-refractivity contribution >= 4 is 17.8 Å². The van der Waals surface area contributed by atoms with Gasteiger partial charge in [0.25, 0.3) is 0 Å². The summed E-state index contributed by atoms with van der Waals surface area (Å²) in [7, 11) is 0. The Morgan fingerprint density at radius 3 is 2.30 bits per heavy atom. The maximum atomic E-state index is 12.0. The zero-order valence-corrected chi connectivity index (χ0v) is 11.5. The zero-order valence-electron chi connectivity index (χ0n) is 11.5. The van der Waals surface area contributed by atoms with Crippen molar-refractivity contribution in [2.75, 3.05) is 13.1 Å². The summed E-state index contributed by atoms with van der Waals surface area (Å²) in [5.74, 6) is -0.792. The molecule has 1 aromatic rings. The number of urea groups is 1. The second-order valence-electron chi connectivity index (χ2n) is 4.73. The number of carbonyl (C=O) groups is 3. The third kappa shape index (κ3) is 3.04. The smallest absolute Gasteiger partial charge is 0.274 e. The summed E-state index contributed by atoms with van der Waals surface area (Å²) in [6.45, 7) is 2.39. The van der Waals surface area contributed by atoms with Crippen molar-refractivity contribution in [2.45, 2.75) is 26.2 Å². The van der Waals surface area contributed by atoms with Crippen molar-refractivity contribution in [3.63, 3.8) is 0 Å². The Hall–Kier alpha value is -2.17. The Kier molecular flexibility index (Phi) is 4.50. The molecule has 0 saturated carbocycles. The molecule has 0 spiro atoms. The molecule has 0 bridgehead atoms. The Bertz CT molecular complexity index is 513. The summed E-state index contributed by atoms with van der Waals surface area (Å²) >= 11 is 0. The van der Waals surface area contributed by atoms with Gasteiger partial charge in [-0.05, 0) is 25.3 Å². The van der Waals surface area contributed by atoms with Crippen LogP contribution in [0.3, 0.4) is 0 Å². The van der Waals surface area contributed by atoms with Gasteiger partial charge in [0.1, 0.15) is 6.42 Å². The van der Waals surface area contributed by atoms with Crippen molar-refractivity contribution in [2.24, 2.45) is 0 Å². The molecule has 106 valence electrons. The highest BCUT2D eigenvalue weighted by Gasteiger charge is 2.36. The van der Waals surface area contributed by atoms with Gasteiger partial charge in [0.15, 0.2) is 0 Å². The Labute approximate surface area is 118 Å². The number of hydrogen-bond acceptors (Lipinski definition) is 3. The summed E-state index contributed by atoms with van der Waals surface area (Å²) in [5.41, 5.74) is 1.17. The number of barbiturate groups is 1. The first-order chi connectivity index (χ1) is 9.63. The number of hydrogen-bond donors (Lipinski definition) is 0. The molecule has 1 aliphatic rings. The molecular weight excluding hydrogens is 256 g/mol. The standard InChI is InChI=1S/C15H18N2O3/c1-2-16-13(18)11-14(19)17(15(16)20)10-6-9-12-7-4-3-5-8-12/h3-5,7-8H,2,6,9-11H2,1H3. The minimum absolute atomic E-state index is 0.203. The molecule has 1 saturated heterocycles. The molecule has 2 rings (SSSR count). The topological polar surface area (TPSA) is 57.7 Å². The summed E-state index contributed by atoms with van der Waals surface area (Å²) in [6, 6.07) is 9.42. The van der Waals surface area contributed by atoms with Gasteiger partial charge in [-0.15, -0.1) is 0 Å². The fraction of sp³-hybridized carbons (Fsp3) is 0.400. The molecule has 1 fully saturated rings. The minimum Gasteiger partial charge on any atom is -0.274 e. The van der Waals surface area contributed by atoms with E-state index in [4.69, 9.17) is 0 Å². The van der Waals surface area contributed by atoms with E-state index in [1.807, 2.05) is 30.3 Å². The average Bonchev–Trinajstić information content (AvgIpc) is 2.44. The molecule has 1 aliphatic heterocycles. The molecule has 20 heavy (non-hydrogen) atoms. The molecule has 0 N–H and O–H groups in total. The van der Waals surface area contributed by atoms with Gasteiger partial charge in [-0.3, -0.25) is 19.4 Å². The SMILES string of the molecule is CCN1C(=O)CC(=O)N(CCCc2ccccc2)C1=O. The van der Waals surface area contributed by atoms with E-state index in [2.05, 4.69) is 0 Å². The van der Waals surface area contributed by atoms with E-state index in [0.29, 0.717) is 19.5 Å². The van der Waals surface area contributed by atoms with Crippen LogP contribution in [-0.2, 0) is 16.0 Å². The number of aryl methyl sites for hydroxylation is 1. The molecule has 0 aromatic heterocycles. The van der Waals surface area contributed by atoms with Gasteiger partial charge in [0.2, 0.25) is 11.8 Å². The first-order valence-corrected chi connectivity index (χ1v) is 6.82. The number of rotatable bonds is 5. The number of carbonyl (C=O) groups excluding carboxylic acids is 3. The lowest BCUT2D eigenvalue weighted by Gasteiger charge is -2.31. The second kappa shape index (κ2) is 6.32. The molecule has 1 heterocycles. The minimum atomic E-state index is -0.484. The molecule has 5 heteroatoms. The first kappa shape index (κ1) is 14.2. The Morgan fingerprint density at radius 2 is 1.65 bits per heavy atom. The van der Waals surface area contributed by atoms with Crippen LogP contribution < -0.4 is 0 Å². The van der Waals surface area contributed by atoms with E-state index in [1.165, 1.54) is 10.5 Å². The van der Waals surface area contributed by atoms with Crippen LogP contribution in [0.15, 0.2) is 30.3 Å². The van der Waals surface area contributed by atoms with Crippen molar-refractivity contribution in [1.29, 1.82) is 0 Å². The molecule has 4 amide bonds. The van der Waals surface area contributed by atoms with E-state index >= 15 is 0 Å². The molecule has 0 radical (unpaired) electrons. The van der Waals surface area contributed by atoms with Crippen molar-refractivity contribution < 1.29 is 14.4 Å². The summed E-state index contributed by atoms with van der Waals surface area (Å²) < 4.78 is 0. The van der Waals surface area contributed by atoms with Gasteiger partial charge in [0, 0.05) is 13.1 Å². The fourth-order valence-electron chi connectivity index (χ4n) is 2.30. The van der Waals surface area contributed by atoms with Gasteiger partial charge in [-0.1, -0.05) is 30.3 Å². The lowest BCUT2D eigenvalue weighted by atomic mass is 10.1. The quantitative estimate of drug-likeness (QED) is 0.770. The van der Waals surface area contributed by atoms with Gasteiger partial charge >= 0.3 is 6.03 Å². The van der Waals surface area contributed by atoms with Gasteiger partial charge in [-0.2, -0.15) is 0 Å². The third-order valence-corrected chi connectivity index (χ3v) is 3.37. The number of nitrogens with zero attached hydrogens (tertiary/aromatic N) is 2. The van der Waals surface area contributed by atoms with E-state index in [1.54, 1.807) is 6.92 Å². The monoisotopic (exact) mass is 274 g/mol. The fourth-order valence-corrected chi connectivity index (χ4v) is 2.30. The lowest BCUT2D eigenvalue weighted by Crippen LogP contribution is -2.55. The first-order valence-electron chi connectivity index (χ1n) is 6.82. The number of amides is 4. The Morgan fingerprint density at radius 1 is 1.00 bits per heavy atom. The molecular formula is C15H18N2O3. The molecule has 0 atom stereocenters. The lowest BCUT2D eigenvalue weighted by molar-refractivity contribution is -0.142. The highest BCUT2D eigenvalue weighted by Crippen LogP contribution is 2.13. The van der Waals surface area contributed by atoms with Crippen LogP contribution in [0.4, 0.5) is 4.79 Å². The van der Waals surface area contributed by atoms with Crippen molar-refractivity contribution in [1.82, 2.24) is 9.80 Å². The molecule has 1 aromatic carbocycles. The van der Waals surface area contributed by atoms with Crippen LogP contribution >= 0.6 is 0 Å². The van der Waals surface area contributed by atoms with Crippen molar-refractivity contribution in [3.05, 3.63) is 35.9 Å². The van der Waals surface area contributed by atoms with Crippen LogP contribution in [0.1, 0.15) is 25.3 Å². The highest BCUT2D eigenvalue weighted by atomic mass is 16.2. The van der Waals surface area contributed by atoms with E-state index in [-0.39, 0.29) is 6.42 Å². The summed E-state index contributed by atoms with van der Waals surface area (Å²) in [4.78, 5) is 37.7. The van der Waals surface area contributed by atoms with Crippen LogP contribution in [-0.4, -0.2) is 40.7 Å². The molecule has 0 aliphatic carbocycles. The molecule has 0 unspecified atom stereocenters. The van der Waals surface area contributed by atoms with Gasteiger partial charge < -0.3 is 0 Å². The maximum absolute atomic E-state index is 12.0. The van der Waals surface area contributed by atoms with Crippen LogP contribution in [0.2, 0.25) is 0 Å². The Balaban J connectivity index is 1.93. The summed E-state index contributed by atoms with van der Waals surface area (Å²) in [5, 5.41) is 0. The van der Waals surface area contributed by atoms with E-state index in [0.717, 1.165) is 11.3 Å².